The summed E-state index contributed by atoms with van der Waals surface area (Å²) in [5.41, 5.74) is 0.418. The lowest BCUT2D eigenvalue weighted by Gasteiger charge is -2.39. The maximum atomic E-state index is 11.0. The van der Waals surface area contributed by atoms with E-state index in [2.05, 4.69) is 15.9 Å². The molecule has 2 rings (SSSR count). The second-order valence-electron chi connectivity index (χ2n) is 4.79. The van der Waals surface area contributed by atoms with Gasteiger partial charge in [-0.15, -0.1) is 0 Å². The molecule has 0 saturated heterocycles. The first-order valence-corrected chi connectivity index (χ1v) is 6.91. The molecule has 1 N–H and O–H groups in total. The van der Waals surface area contributed by atoms with Crippen LogP contribution in [-0.2, 0) is 9.53 Å². The number of ether oxygens (including phenoxy) is 1. The smallest absolute Gasteiger partial charge is 0.331 e. The third kappa shape index (κ3) is 2.48. The van der Waals surface area contributed by atoms with E-state index in [1.165, 1.54) is 6.42 Å². The number of carbonyl (C=O) groups is 1. The fourth-order valence-corrected chi connectivity index (χ4v) is 3.35. The van der Waals surface area contributed by atoms with E-state index in [0.29, 0.717) is 11.9 Å². The number of hydrogen-bond donors (Lipinski definition) is 1. The summed E-state index contributed by atoms with van der Waals surface area (Å²) >= 11 is 3.40. The van der Waals surface area contributed by atoms with Crippen LogP contribution in [0.25, 0.3) is 0 Å². The van der Waals surface area contributed by atoms with Gasteiger partial charge in [0.25, 0.3) is 0 Å². The highest BCUT2D eigenvalue weighted by molar-refractivity contribution is 9.09. The van der Waals surface area contributed by atoms with Crippen LogP contribution in [0.1, 0.15) is 32.1 Å². The molecule has 1 heterocycles. The van der Waals surface area contributed by atoms with E-state index < -0.39 is 5.60 Å². The molecule has 1 saturated carbocycles. The Balaban J connectivity index is 2.02. The lowest BCUT2D eigenvalue weighted by atomic mass is 9.74. The molecule has 1 aliphatic carbocycles. The van der Waals surface area contributed by atoms with Gasteiger partial charge in [0.15, 0.2) is 0 Å². The number of hydrogen-bond acceptors (Lipinski definition) is 3. The normalized spacial score (nSPS) is 34.8. The Morgan fingerprint density at radius 3 is 3.00 bits per heavy atom. The Hall–Kier alpha value is -0.350. The van der Waals surface area contributed by atoms with Gasteiger partial charge in [-0.1, -0.05) is 28.8 Å². The van der Waals surface area contributed by atoms with Gasteiger partial charge >= 0.3 is 5.97 Å². The predicted octanol–water partition coefficient (Wildman–Crippen LogP) is 2.18. The molecule has 1 aliphatic heterocycles. The molecule has 4 heteroatoms. The minimum atomic E-state index is -0.606. The maximum Gasteiger partial charge on any atom is 0.331 e. The number of rotatable bonds is 3. The number of halogens is 1. The SMILES string of the molecule is O=C1C=C(C[C@H]2CCCC[C@@]2(O)CBr)CO1. The van der Waals surface area contributed by atoms with Crippen LogP contribution in [0.2, 0.25) is 0 Å². The van der Waals surface area contributed by atoms with Crippen LogP contribution < -0.4 is 0 Å². The van der Waals surface area contributed by atoms with Gasteiger partial charge in [0, 0.05) is 11.4 Å². The van der Waals surface area contributed by atoms with Crippen molar-refractivity contribution in [2.45, 2.75) is 37.7 Å². The van der Waals surface area contributed by atoms with Gasteiger partial charge in [0.1, 0.15) is 6.61 Å². The number of carbonyl (C=O) groups excluding carboxylic acids is 1. The van der Waals surface area contributed by atoms with Gasteiger partial charge in [-0.3, -0.25) is 0 Å². The predicted molar refractivity (Wildman–Crippen MR) is 64.4 cm³/mol. The minimum Gasteiger partial charge on any atom is -0.458 e. The molecule has 1 fully saturated rings. The summed E-state index contributed by atoms with van der Waals surface area (Å²) in [6.07, 6.45) is 6.50. The summed E-state index contributed by atoms with van der Waals surface area (Å²) in [4.78, 5) is 11.0. The molecule has 90 valence electrons. The summed E-state index contributed by atoms with van der Waals surface area (Å²) < 4.78 is 4.88. The van der Waals surface area contributed by atoms with Crippen LogP contribution in [0.5, 0.6) is 0 Å². The fourth-order valence-electron chi connectivity index (χ4n) is 2.61. The molecule has 0 aromatic heterocycles. The Kier molecular flexibility index (Phi) is 3.70. The van der Waals surface area contributed by atoms with Crippen molar-refractivity contribution in [2.75, 3.05) is 11.9 Å². The molecule has 0 radical (unpaired) electrons. The zero-order valence-corrected chi connectivity index (χ0v) is 10.8. The summed E-state index contributed by atoms with van der Waals surface area (Å²) in [5, 5.41) is 11.1. The lowest BCUT2D eigenvalue weighted by molar-refractivity contribution is -0.134. The molecule has 0 unspecified atom stereocenters. The second-order valence-corrected chi connectivity index (χ2v) is 5.36. The molecule has 0 amide bonds. The zero-order chi connectivity index (χ0) is 11.6. The molecular formula is C12H17BrO3. The van der Waals surface area contributed by atoms with Gasteiger partial charge in [-0.05, 0) is 30.8 Å². The zero-order valence-electron chi connectivity index (χ0n) is 9.25. The van der Waals surface area contributed by atoms with E-state index in [1.54, 1.807) is 6.08 Å². The number of alkyl halides is 1. The monoisotopic (exact) mass is 288 g/mol. The Bertz CT molecular complexity index is 313. The van der Waals surface area contributed by atoms with Gasteiger partial charge in [0.2, 0.25) is 0 Å². The van der Waals surface area contributed by atoms with Crippen molar-refractivity contribution in [3.05, 3.63) is 11.6 Å². The quantitative estimate of drug-likeness (QED) is 0.640. The van der Waals surface area contributed by atoms with E-state index in [0.717, 1.165) is 31.3 Å². The molecule has 2 aliphatic rings. The third-order valence-corrected chi connectivity index (χ3v) is 4.61. The van der Waals surface area contributed by atoms with Crippen molar-refractivity contribution in [1.82, 2.24) is 0 Å². The maximum absolute atomic E-state index is 11.0. The van der Waals surface area contributed by atoms with Crippen molar-refractivity contribution in [3.63, 3.8) is 0 Å². The number of aliphatic hydroxyl groups is 1. The van der Waals surface area contributed by atoms with Crippen LogP contribution in [-0.4, -0.2) is 28.6 Å². The second kappa shape index (κ2) is 4.88. The van der Waals surface area contributed by atoms with Crippen molar-refractivity contribution < 1.29 is 14.6 Å². The Labute approximate surface area is 104 Å². The van der Waals surface area contributed by atoms with E-state index in [4.69, 9.17) is 4.74 Å². The first-order valence-electron chi connectivity index (χ1n) is 5.78. The van der Waals surface area contributed by atoms with Crippen LogP contribution in [0.3, 0.4) is 0 Å². The minimum absolute atomic E-state index is 0.242. The Morgan fingerprint density at radius 1 is 1.56 bits per heavy atom. The van der Waals surface area contributed by atoms with Crippen LogP contribution in [0.15, 0.2) is 11.6 Å². The standard InChI is InChI=1S/C12H17BrO3/c13-8-12(15)4-2-1-3-10(12)5-9-6-11(14)16-7-9/h6,10,15H,1-5,7-8H2/t10-,12-/m1/s1. The summed E-state index contributed by atoms with van der Waals surface area (Å²) in [7, 11) is 0. The largest absolute Gasteiger partial charge is 0.458 e. The van der Waals surface area contributed by atoms with E-state index in [9.17, 15) is 9.90 Å². The first kappa shape index (κ1) is 12.1. The summed E-state index contributed by atoms with van der Waals surface area (Å²) in [5.74, 6) is 0.00886. The molecule has 0 spiro atoms. The van der Waals surface area contributed by atoms with E-state index >= 15 is 0 Å². The van der Waals surface area contributed by atoms with Gasteiger partial charge < -0.3 is 9.84 Å². The first-order chi connectivity index (χ1) is 7.64. The van der Waals surface area contributed by atoms with Crippen molar-refractivity contribution in [1.29, 1.82) is 0 Å². The third-order valence-electron chi connectivity index (χ3n) is 3.63. The molecule has 16 heavy (non-hydrogen) atoms. The summed E-state index contributed by atoms with van der Waals surface area (Å²) in [6, 6.07) is 0. The highest BCUT2D eigenvalue weighted by Crippen LogP contribution is 2.39. The highest BCUT2D eigenvalue weighted by atomic mass is 79.9. The van der Waals surface area contributed by atoms with Gasteiger partial charge in [0.05, 0.1) is 5.60 Å². The van der Waals surface area contributed by atoms with Crippen molar-refractivity contribution in [3.8, 4) is 0 Å². The van der Waals surface area contributed by atoms with Gasteiger partial charge in [-0.25, -0.2) is 4.79 Å². The molecule has 0 bridgehead atoms. The van der Waals surface area contributed by atoms with Crippen LogP contribution in [0.4, 0.5) is 0 Å². The molecule has 2 atom stereocenters. The fraction of sp³-hybridized carbons (Fsp3) is 0.750. The number of esters is 1. The molecule has 0 aromatic rings. The van der Waals surface area contributed by atoms with Gasteiger partial charge in [-0.2, -0.15) is 0 Å². The average Bonchev–Trinajstić information content (AvgIpc) is 2.68. The lowest BCUT2D eigenvalue weighted by Crippen LogP contribution is -2.42. The van der Waals surface area contributed by atoms with E-state index in [1.807, 2.05) is 0 Å². The molecule has 3 nitrogen and oxygen atoms in total. The Morgan fingerprint density at radius 2 is 2.38 bits per heavy atom. The van der Waals surface area contributed by atoms with Crippen LogP contribution in [0, 0.1) is 5.92 Å². The number of cyclic esters (lactones) is 1. The molecular weight excluding hydrogens is 272 g/mol. The topological polar surface area (TPSA) is 46.5 Å². The highest BCUT2D eigenvalue weighted by Gasteiger charge is 2.38. The summed E-state index contributed by atoms with van der Waals surface area (Å²) in [6.45, 7) is 0.410. The van der Waals surface area contributed by atoms with Crippen molar-refractivity contribution >= 4 is 21.9 Å². The van der Waals surface area contributed by atoms with E-state index in [-0.39, 0.29) is 11.9 Å². The molecule has 0 aromatic carbocycles. The van der Waals surface area contributed by atoms with Crippen molar-refractivity contribution in [2.24, 2.45) is 5.92 Å². The average molecular weight is 289 g/mol. The van der Waals surface area contributed by atoms with Crippen LogP contribution >= 0.6 is 15.9 Å².